The Morgan fingerprint density at radius 1 is 1.23 bits per heavy atom. The molecular formula is C19H23N5O2. The zero-order valence-corrected chi connectivity index (χ0v) is 14.8. The van der Waals surface area contributed by atoms with Crippen LogP contribution in [0, 0.1) is 0 Å². The van der Waals surface area contributed by atoms with E-state index in [1.54, 1.807) is 24.2 Å². The molecule has 136 valence electrons. The molecule has 2 aromatic rings. The predicted octanol–water partition coefficient (Wildman–Crippen LogP) is 1.66. The number of amides is 2. The largest absolute Gasteiger partial charge is 0.341 e. The van der Waals surface area contributed by atoms with E-state index in [2.05, 4.69) is 15.4 Å². The Morgan fingerprint density at radius 3 is 2.62 bits per heavy atom. The molecule has 3 rings (SSSR count). The molecule has 7 heteroatoms. The summed E-state index contributed by atoms with van der Waals surface area (Å²) >= 11 is 0. The number of carbonyl (C=O) groups is 2. The zero-order valence-electron chi connectivity index (χ0n) is 14.8. The molecule has 1 aromatic carbocycles. The van der Waals surface area contributed by atoms with Crippen LogP contribution in [0.5, 0.6) is 0 Å². The van der Waals surface area contributed by atoms with E-state index in [4.69, 9.17) is 0 Å². The number of benzene rings is 1. The van der Waals surface area contributed by atoms with Crippen LogP contribution in [0.15, 0.2) is 49.1 Å². The van der Waals surface area contributed by atoms with Crippen LogP contribution < -0.4 is 5.32 Å². The van der Waals surface area contributed by atoms with Gasteiger partial charge in [0.05, 0.1) is 6.04 Å². The Labute approximate surface area is 152 Å². The zero-order chi connectivity index (χ0) is 18.4. The smallest absolute Gasteiger partial charge is 0.244 e. The second-order valence-corrected chi connectivity index (χ2v) is 6.41. The van der Waals surface area contributed by atoms with Crippen molar-refractivity contribution in [1.29, 1.82) is 0 Å². The Morgan fingerprint density at radius 2 is 1.96 bits per heavy atom. The van der Waals surface area contributed by atoms with Crippen molar-refractivity contribution in [2.75, 3.05) is 13.1 Å². The highest BCUT2D eigenvalue weighted by Gasteiger charge is 2.27. The van der Waals surface area contributed by atoms with Crippen molar-refractivity contribution >= 4 is 17.9 Å². The molecule has 26 heavy (non-hydrogen) atoms. The Bertz CT molecular complexity index is 750. The summed E-state index contributed by atoms with van der Waals surface area (Å²) in [7, 11) is 0. The average molecular weight is 353 g/mol. The molecule has 0 aliphatic carbocycles. The third-order valence-electron chi connectivity index (χ3n) is 4.54. The van der Waals surface area contributed by atoms with E-state index in [-0.39, 0.29) is 17.9 Å². The molecule has 0 radical (unpaired) electrons. The third kappa shape index (κ3) is 4.56. The Hall–Kier alpha value is -2.96. The number of piperidine rings is 1. The second-order valence-electron chi connectivity index (χ2n) is 6.41. The summed E-state index contributed by atoms with van der Waals surface area (Å²) in [5, 5.41) is 6.91. The van der Waals surface area contributed by atoms with Gasteiger partial charge in [0.25, 0.3) is 0 Å². The number of hydrogen-bond acceptors (Lipinski definition) is 4. The minimum absolute atomic E-state index is 0.0523. The predicted molar refractivity (Wildman–Crippen MR) is 98.0 cm³/mol. The molecule has 1 unspecified atom stereocenters. The van der Waals surface area contributed by atoms with E-state index in [0.29, 0.717) is 13.1 Å². The second kappa shape index (κ2) is 8.42. The lowest BCUT2D eigenvalue weighted by Crippen LogP contribution is -2.49. The number of aromatic nitrogens is 3. The van der Waals surface area contributed by atoms with E-state index in [1.807, 2.05) is 35.0 Å². The van der Waals surface area contributed by atoms with Crippen molar-refractivity contribution < 1.29 is 9.59 Å². The van der Waals surface area contributed by atoms with Crippen molar-refractivity contribution in [2.45, 2.75) is 31.8 Å². The molecular weight excluding hydrogens is 330 g/mol. The highest BCUT2D eigenvalue weighted by molar-refractivity contribution is 5.95. The Balaban J connectivity index is 1.47. The first-order chi connectivity index (χ1) is 12.6. The molecule has 0 bridgehead atoms. The summed E-state index contributed by atoms with van der Waals surface area (Å²) in [6, 6.07) is 9.30. The van der Waals surface area contributed by atoms with Gasteiger partial charge in [0.2, 0.25) is 11.8 Å². The van der Waals surface area contributed by atoms with Crippen LogP contribution in [0.25, 0.3) is 6.08 Å². The van der Waals surface area contributed by atoms with E-state index in [0.717, 1.165) is 18.4 Å². The fraction of sp³-hybridized carbons (Fsp3) is 0.368. The van der Waals surface area contributed by atoms with Crippen molar-refractivity contribution in [1.82, 2.24) is 25.0 Å². The number of nitrogens with one attached hydrogen (secondary N) is 1. The number of hydrogen-bond donors (Lipinski definition) is 1. The summed E-state index contributed by atoms with van der Waals surface area (Å²) in [6.45, 7) is 3.03. The molecule has 2 amide bonds. The number of rotatable bonds is 5. The van der Waals surface area contributed by atoms with Gasteiger partial charge in [0, 0.05) is 19.2 Å². The van der Waals surface area contributed by atoms with E-state index in [9.17, 15) is 9.59 Å². The van der Waals surface area contributed by atoms with Crippen LogP contribution in [0.1, 0.15) is 31.4 Å². The lowest BCUT2D eigenvalue weighted by molar-refractivity contribution is -0.136. The van der Waals surface area contributed by atoms with Crippen molar-refractivity contribution in [3.8, 4) is 0 Å². The first kappa shape index (κ1) is 17.8. The summed E-state index contributed by atoms with van der Waals surface area (Å²) in [6.07, 6.45) is 8.10. The first-order valence-electron chi connectivity index (χ1n) is 8.80. The number of likely N-dealkylation sites (tertiary alicyclic amines) is 1. The van der Waals surface area contributed by atoms with Gasteiger partial charge in [0.15, 0.2) is 0 Å². The molecule has 1 aliphatic heterocycles. The van der Waals surface area contributed by atoms with Crippen LogP contribution in [-0.4, -0.2) is 50.6 Å². The SMILES string of the molecule is CC(NC(=O)/C=C/c1ccccc1)C(=O)N1CCC(n2cncn2)CC1. The molecule has 2 heterocycles. The first-order valence-corrected chi connectivity index (χ1v) is 8.80. The molecule has 1 aromatic heterocycles. The molecule has 7 nitrogen and oxygen atoms in total. The molecule has 0 spiro atoms. The normalized spacial score (nSPS) is 16.6. The van der Waals surface area contributed by atoms with Crippen LogP contribution >= 0.6 is 0 Å². The van der Waals surface area contributed by atoms with Gasteiger partial charge < -0.3 is 10.2 Å². The van der Waals surface area contributed by atoms with E-state index in [1.165, 1.54) is 12.4 Å². The lowest BCUT2D eigenvalue weighted by atomic mass is 10.0. The minimum atomic E-state index is -0.550. The van der Waals surface area contributed by atoms with Crippen LogP contribution in [0.2, 0.25) is 0 Å². The lowest BCUT2D eigenvalue weighted by Gasteiger charge is -2.33. The van der Waals surface area contributed by atoms with Crippen molar-refractivity contribution in [3.63, 3.8) is 0 Å². The summed E-state index contributed by atoms with van der Waals surface area (Å²) in [5.74, 6) is -0.323. The van der Waals surface area contributed by atoms with E-state index >= 15 is 0 Å². The van der Waals surface area contributed by atoms with Gasteiger partial charge in [0.1, 0.15) is 18.7 Å². The maximum atomic E-state index is 12.6. The standard InChI is InChI=1S/C19H23N5O2/c1-15(22-18(25)8-7-16-5-3-2-4-6-16)19(26)23-11-9-17(10-12-23)24-14-20-13-21-24/h2-8,13-15,17H,9-12H2,1H3,(H,22,25)/b8-7+. The minimum Gasteiger partial charge on any atom is -0.341 e. The summed E-state index contributed by atoms with van der Waals surface area (Å²) in [5.41, 5.74) is 0.941. The van der Waals surface area contributed by atoms with Crippen molar-refractivity contribution in [2.24, 2.45) is 0 Å². The molecule has 1 fully saturated rings. The highest BCUT2D eigenvalue weighted by atomic mass is 16.2. The van der Waals surface area contributed by atoms with Crippen LogP contribution in [0.4, 0.5) is 0 Å². The van der Waals surface area contributed by atoms with Gasteiger partial charge in [-0.1, -0.05) is 30.3 Å². The van der Waals surface area contributed by atoms with Gasteiger partial charge in [-0.25, -0.2) is 9.67 Å². The topological polar surface area (TPSA) is 80.1 Å². The van der Waals surface area contributed by atoms with Gasteiger partial charge in [-0.15, -0.1) is 0 Å². The fourth-order valence-electron chi connectivity index (χ4n) is 3.09. The number of carbonyl (C=O) groups excluding carboxylic acids is 2. The molecule has 1 aliphatic rings. The monoisotopic (exact) mass is 353 g/mol. The van der Waals surface area contributed by atoms with Crippen LogP contribution in [0.3, 0.4) is 0 Å². The summed E-state index contributed by atoms with van der Waals surface area (Å²) < 4.78 is 1.85. The Kier molecular flexibility index (Phi) is 5.78. The molecule has 0 saturated carbocycles. The molecule has 1 N–H and O–H groups in total. The quantitative estimate of drug-likeness (QED) is 0.829. The maximum Gasteiger partial charge on any atom is 0.244 e. The van der Waals surface area contributed by atoms with Gasteiger partial charge in [-0.2, -0.15) is 5.10 Å². The van der Waals surface area contributed by atoms with Gasteiger partial charge in [-0.3, -0.25) is 9.59 Å². The van der Waals surface area contributed by atoms with Gasteiger partial charge >= 0.3 is 0 Å². The summed E-state index contributed by atoms with van der Waals surface area (Å²) in [4.78, 5) is 30.4. The maximum absolute atomic E-state index is 12.6. The van der Waals surface area contributed by atoms with Crippen molar-refractivity contribution in [3.05, 3.63) is 54.6 Å². The molecule has 1 saturated heterocycles. The number of nitrogens with zero attached hydrogens (tertiary/aromatic N) is 4. The average Bonchev–Trinajstić information content (AvgIpc) is 3.21. The van der Waals surface area contributed by atoms with Crippen LogP contribution in [-0.2, 0) is 9.59 Å². The fourth-order valence-corrected chi connectivity index (χ4v) is 3.09. The van der Waals surface area contributed by atoms with E-state index < -0.39 is 6.04 Å². The highest BCUT2D eigenvalue weighted by Crippen LogP contribution is 2.21. The molecule has 1 atom stereocenters. The van der Waals surface area contributed by atoms with Gasteiger partial charge in [-0.05, 0) is 31.4 Å². The third-order valence-corrected chi connectivity index (χ3v) is 4.54.